The van der Waals surface area contributed by atoms with E-state index in [1.807, 2.05) is 31.2 Å². The molecule has 4 nitrogen and oxygen atoms in total. The Bertz CT molecular complexity index is 985. The summed E-state index contributed by atoms with van der Waals surface area (Å²) < 4.78 is 14.9. The van der Waals surface area contributed by atoms with Crippen molar-refractivity contribution in [1.82, 2.24) is 0 Å². The molecule has 30 heavy (non-hydrogen) atoms. The van der Waals surface area contributed by atoms with Crippen molar-refractivity contribution >= 4 is 23.4 Å². The zero-order valence-electron chi connectivity index (χ0n) is 17.7. The van der Waals surface area contributed by atoms with Crippen molar-refractivity contribution in [1.29, 1.82) is 0 Å². The first-order valence-electron chi connectivity index (χ1n) is 10.9. The van der Waals surface area contributed by atoms with Crippen LogP contribution in [-0.2, 0) is 6.42 Å². The van der Waals surface area contributed by atoms with E-state index in [0.29, 0.717) is 48.0 Å². The van der Waals surface area contributed by atoms with Gasteiger partial charge in [0.05, 0.1) is 11.4 Å². The zero-order valence-corrected chi connectivity index (χ0v) is 17.7. The molecule has 0 spiro atoms. The molecule has 0 aliphatic carbocycles. The number of amides is 1. The molecule has 1 amide bonds. The summed E-state index contributed by atoms with van der Waals surface area (Å²) in [7, 11) is 0. The largest absolute Gasteiger partial charge is 0.512 e. The number of anilines is 2. The maximum Gasteiger partial charge on any atom is 0.258 e. The van der Waals surface area contributed by atoms with Gasteiger partial charge in [0.1, 0.15) is 5.82 Å². The third-order valence-corrected chi connectivity index (χ3v) is 6.35. The second kappa shape index (κ2) is 8.50. The Morgan fingerprint density at radius 3 is 2.73 bits per heavy atom. The van der Waals surface area contributed by atoms with Crippen molar-refractivity contribution in [3.05, 3.63) is 64.7 Å². The van der Waals surface area contributed by atoms with Gasteiger partial charge in [0.2, 0.25) is 0 Å². The molecular weight excluding hydrogens is 379 g/mol. The average molecular weight is 409 g/mol. The van der Waals surface area contributed by atoms with Gasteiger partial charge in [-0.05, 0) is 60.2 Å². The van der Waals surface area contributed by atoms with Gasteiger partial charge < -0.3 is 14.9 Å². The van der Waals surface area contributed by atoms with E-state index in [4.69, 9.17) is 0 Å². The third kappa shape index (κ3) is 3.93. The number of carbonyl (C=O) groups is 1. The van der Waals surface area contributed by atoms with Gasteiger partial charge >= 0.3 is 0 Å². The summed E-state index contributed by atoms with van der Waals surface area (Å²) in [6.45, 7) is 6.36. The van der Waals surface area contributed by atoms with Crippen molar-refractivity contribution in [3.63, 3.8) is 0 Å². The van der Waals surface area contributed by atoms with Crippen LogP contribution in [0.4, 0.5) is 15.8 Å². The molecule has 1 atom stereocenters. The topological polar surface area (TPSA) is 43.8 Å². The molecule has 0 aromatic heterocycles. The van der Waals surface area contributed by atoms with Crippen LogP contribution < -0.4 is 9.80 Å². The number of nitrogens with zero attached hydrogens (tertiary/aromatic N) is 2. The lowest BCUT2D eigenvalue weighted by Crippen LogP contribution is -2.37. The molecule has 1 fully saturated rings. The minimum Gasteiger partial charge on any atom is -0.512 e. The van der Waals surface area contributed by atoms with Gasteiger partial charge in [0.15, 0.2) is 0 Å². The lowest BCUT2D eigenvalue weighted by molar-refractivity contribution is 0.0980. The standard InChI is InChI=1S/C25H29FN2O2/c1-3-17-9-11-27(16-17)24-8-6-20(15-23(24)26)28-12-10-19-13-18(14-21(29)4-2)5-7-22(19)25(28)30/h5-8,13-15,17,29H,3-4,9-12,16H2,1-2H3/b21-14+. The summed E-state index contributed by atoms with van der Waals surface area (Å²) in [6.07, 6.45) is 5.22. The Balaban J connectivity index is 1.55. The van der Waals surface area contributed by atoms with Crippen molar-refractivity contribution in [3.8, 4) is 0 Å². The Kier molecular flexibility index (Phi) is 5.80. The smallest absolute Gasteiger partial charge is 0.258 e. The minimum absolute atomic E-state index is 0.106. The molecule has 0 saturated carbocycles. The van der Waals surface area contributed by atoms with Crippen molar-refractivity contribution in [2.24, 2.45) is 5.92 Å². The fraction of sp³-hybridized carbons (Fsp3) is 0.400. The SMILES string of the molecule is CC/C(O)=C\c1ccc2c(c1)CCN(c1ccc(N3CCC(CC)C3)c(F)c1)C2=O. The van der Waals surface area contributed by atoms with E-state index in [-0.39, 0.29) is 11.7 Å². The summed E-state index contributed by atoms with van der Waals surface area (Å²) in [6, 6.07) is 10.8. The lowest BCUT2D eigenvalue weighted by atomic mass is 9.95. The van der Waals surface area contributed by atoms with Crippen LogP contribution >= 0.6 is 0 Å². The first-order chi connectivity index (χ1) is 14.5. The predicted molar refractivity (Wildman–Crippen MR) is 120 cm³/mol. The van der Waals surface area contributed by atoms with E-state index >= 15 is 0 Å². The molecular formula is C25H29FN2O2. The van der Waals surface area contributed by atoms with Crippen LogP contribution in [0.3, 0.4) is 0 Å². The molecule has 5 heteroatoms. The number of hydrogen-bond donors (Lipinski definition) is 1. The van der Waals surface area contributed by atoms with Crippen molar-refractivity contribution in [2.45, 2.75) is 39.5 Å². The number of fused-ring (bicyclic) bond motifs is 1. The Morgan fingerprint density at radius 2 is 2.03 bits per heavy atom. The van der Waals surface area contributed by atoms with Gasteiger partial charge in [-0.15, -0.1) is 0 Å². The number of hydrogen-bond acceptors (Lipinski definition) is 3. The number of halogens is 1. The van der Waals surface area contributed by atoms with Crippen LogP contribution in [0.15, 0.2) is 42.2 Å². The molecule has 0 bridgehead atoms. The normalized spacial score (nSPS) is 19.4. The first-order valence-corrected chi connectivity index (χ1v) is 10.9. The Hall–Kier alpha value is -2.82. The second-order valence-electron chi connectivity index (χ2n) is 8.26. The molecule has 2 aromatic rings. The highest BCUT2D eigenvalue weighted by molar-refractivity contribution is 6.08. The number of rotatable bonds is 5. The van der Waals surface area contributed by atoms with Crippen LogP contribution in [0.5, 0.6) is 0 Å². The zero-order chi connectivity index (χ0) is 21.3. The van der Waals surface area contributed by atoms with Crippen LogP contribution in [0.1, 0.15) is 54.6 Å². The lowest BCUT2D eigenvalue weighted by Gasteiger charge is -2.29. The molecule has 0 radical (unpaired) electrons. The molecule has 1 N–H and O–H groups in total. The van der Waals surface area contributed by atoms with Gasteiger partial charge in [-0.25, -0.2) is 4.39 Å². The highest BCUT2D eigenvalue weighted by Gasteiger charge is 2.28. The van der Waals surface area contributed by atoms with E-state index in [1.54, 1.807) is 17.0 Å². The maximum absolute atomic E-state index is 14.9. The number of benzene rings is 2. The van der Waals surface area contributed by atoms with E-state index in [0.717, 1.165) is 37.1 Å². The number of carbonyl (C=O) groups excluding carboxylic acids is 1. The minimum atomic E-state index is -0.265. The van der Waals surface area contributed by atoms with Gasteiger partial charge in [-0.3, -0.25) is 4.79 Å². The third-order valence-electron chi connectivity index (χ3n) is 6.35. The van der Waals surface area contributed by atoms with Crippen LogP contribution in [0.2, 0.25) is 0 Å². The molecule has 2 heterocycles. The van der Waals surface area contributed by atoms with Crippen molar-refractivity contribution in [2.75, 3.05) is 29.4 Å². The summed E-state index contributed by atoms with van der Waals surface area (Å²) in [5.74, 6) is 0.574. The van der Waals surface area contributed by atoms with Crippen LogP contribution in [0, 0.1) is 11.7 Å². The summed E-state index contributed by atoms with van der Waals surface area (Å²) in [4.78, 5) is 16.8. The second-order valence-corrected chi connectivity index (χ2v) is 8.26. The van der Waals surface area contributed by atoms with E-state index < -0.39 is 0 Å². The van der Waals surface area contributed by atoms with Gasteiger partial charge in [0, 0.05) is 37.3 Å². The fourth-order valence-electron chi connectivity index (χ4n) is 4.44. The average Bonchev–Trinajstić information content (AvgIpc) is 3.23. The summed E-state index contributed by atoms with van der Waals surface area (Å²) in [5.41, 5.74) is 3.73. The summed E-state index contributed by atoms with van der Waals surface area (Å²) in [5, 5.41) is 9.76. The quantitative estimate of drug-likeness (QED) is 0.658. The molecule has 2 aromatic carbocycles. The molecule has 2 aliphatic rings. The van der Waals surface area contributed by atoms with E-state index in [2.05, 4.69) is 11.8 Å². The Morgan fingerprint density at radius 1 is 1.20 bits per heavy atom. The van der Waals surface area contributed by atoms with Gasteiger partial charge in [0.25, 0.3) is 5.91 Å². The fourth-order valence-corrected chi connectivity index (χ4v) is 4.44. The Labute approximate surface area is 177 Å². The van der Waals surface area contributed by atoms with E-state index in [1.165, 1.54) is 6.07 Å². The monoisotopic (exact) mass is 408 g/mol. The molecule has 2 aliphatic heterocycles. The van der Waals surface area contributed by atoms with Gasteiger partial charge in [-0.2, -0.15) is 0 Å². The predicted octanol–water partition coefficient (Wildman–Crippen LogP) is 5.57. The van der Waals surface area contributed by atoms with Crippen LogP contribution in [-0.4, -0.2) is 30.6 Å². The molecule has 158 valence electrons. The summed E-state index contributed by atoms with van der Waals surface area (Å²) >= 11 is 0. The van der Waals surface area contributed by atoms with E-state index in [9.17, 15) is 14.3 Å². The molecule has 1 saturated heterocycles. The van der Waals surface area contributed by atoms with Crippen LogP contribution in [0.25, 0.3) is 6.08 Å². The number of allylic oxidation sites excluding steroid dienone is 1. The highest BCUT2D eigenvalue weighted by Crippen LogP contribution is 2.32. The highest BCUT2D eigenvalue weighted by atomic mass is 19.1. The van der Waals surface area contributed by atoms with Crippen molar-refractivity contribution < 1.29 is 14.3 Å². The number of aliphatic hydroxyl groups excluding tert-OH is 1. The molecule has 4 rings (SSSR count). The first kappa shape index (κ1) is 20.5. The molecule has 1 unspecified atom stereocenters. The number of aliphatic hydroxyl groups is 1. The van der Waals surface area contributed by atoms with Gasteiger partial charge in [-0.1, -0.05) is 32.4 Å². The maximum atomic E-state index is 14.9.